The van der Waals surface area contributed by atoms with Gasteiger partial charge >= 0.3 is 321 Å². The number of hydrogen-bond acceptors (Lipinski definition) is 0. The summed E-state index contributed by atoms with van der Waals surface area (Å²) in [6.07, 6.45) is 9.63. The number of hydrogen-bond donors (Lipinski definition) is 0. The van der Waals surface area contributed by atoms with Crippen LogP contribution in [0, 0.1) is 0 Å². The molecule has 0 aliphatic heterocycles. The molecule has 52 heavy (non-hydrogen) atoms. The zero-order chi connectivity index (χ0) is 36.0. The Labute approximate surface area is 318 Å². The minimum absolute atomic E-state index is 0.0286. The second-order valence-corrected chi connectivity index (χ2v) is 23.0. The van der Waals surface area contributed by atoms with Gasteiger partial charge in [0.1, 0.15) is 0 Å². The predicted octanol–water partition coefficient (Wildman–Crippen LogP) is 13.5. The first-order valence-corrected chi connectivity index (χ1v) is 22.8. The molecule has 0 saturated carbocycles. The SMILES string of the molecule is CC(C)(C)c1cc2c(cc1-c1ccccc1)[CH]([Zr](=[C](c1ccccc1)c1ccccc1)[CH]1C=CC=C1)c1cc(-c3ccccc3)c(C(C)(C)C)cc1-2. The summed E-state index contributed by atoms with van der Waals surface area (Å²) in [6, 6.07) is 55.3. The maximum atomic E-state index is 2.63. The Morgan fingerprint density at radius 1 is 0.442 bits per heavy atom. The zero-order valence-corrected chi connectivity index (χ0v) is 33.8. The summed E-state index contributed by atoms with van der Waals surface area (Å²) in [4.78, 5) is 0. The molecule has 256 valence electrons. The normalized spacial score (nSPS) is 14.0. The van der Waals surface area contributed by atoms with E-state index in [1.807, 2.05) is 0 Å². The third-order valence-electron chi connectivity index (χ3n) is 10.9. The van der Waals surface area contributed by atoms with Gasteiger partial charge in [0.05, 0.1) is 0 Å². The molecule has 0 N–H and O–H groups in total. The Morgan fingerprint density at radius 2 is 0.808 bits per heavy atom. The monoisotopic (exact) mass is 750 g/mol. The third kappa shape index (κ3) is 6.43. The van der Waals surface area contributed by atoms with Crippen molar-refractivity contribution in [2.75, 3.05) is 0 Å². The van der Waals surface area contributed by atoms with Crippen LogP contribution in [0.2, 0.25) is 3.63 Å². The van der Waals surface area contributed by atoms with Gasteiger partial charge in [0.25, 0.3) is 0 Å². The van der Waals surface area contributed by atoms with Crippen molar-refractivity contribution in [1.82, 2.24) is 0 Å². The van der Waals surface area contributed by atoms with E-state index in [0.717, 1.165) is 0 Å². The van der Waals surface area contributed by atoms with Crippen LogP contribution < -0.4 is 0 Å². The van der Waals surface area contributed by atoms with Crippen LogP contribution in [0.4, 0.5) is 0 Å². The van der Waals surface area contributed by atoms with Crippen molar-refractivity contribution in [1.29, 1.82) is 0 Å². The molecular formula is C51H48Zr. The molecule has 6 aromatic rings. The minimum atomic E-state index is -2.87. The van der Waals surface area contributed by atoms with Crippen molar-refractivity contribution in [2.24, 2.45) is 0 Å². The summed E-state index contributed by atoms with van der Waals surface area (Å²) >= 11 is -2.87. The molecule has 0 fully saturated rings. The van der Waals surface area contributed by atoms with E-state index in [2.05, 4.69) is 211 Å². The molecule has 0 atom stereocenters. The molecule has 2 aliphatic rings. The van der Waals surface area contributed by atoms with Crippen LogP contribution in [0.3, 0.4) is 0 Å². The van der Waals surface area contributed by atoms with Crippen molar-refractivity contribution < 1.29 is 21.3 Å². The topological polar surface area (TPSA) is 0 Å². The number of allylic oxidation sites excluding steroid dienone is 4. The zero-order valence-electron chi connectivity index (χ0n) is 31.3. The molecule has 0 heterocycles. The van der Waals surface area contributed by atoms with Gasteiger partial charge in [0.15, 0.2) is 0 Å². The summed E-state index contributed by atoms with van der Waals surface area (Å²) in [5.41, 5.74) is 16.7. The fourth-order valence-corrected chi connectivity index (χ4v) is 17.8. The summed E-state index contributed by atoms with van der Waals surface area (Å²) in [5, 5.41) is 0. The van der Waals surface area contributed by atoms with E-state index in [9.17, 15) is 0 Å². The third-order valence-corrected chi connectivity index (χ3v) is 19.5. The van der Waals surface area contributed by atoms with E-state index in [1.165, 1.54) is 66.8 Å². The molecule has 0 bridgehead atoms. The van der Waals surface area contributed by atoms with E-state index in [0.29, 0.717) is 7.25 Å². The molecule has 6 aromatic carbocycles. The summed E-state index contributed by atoms with van der Waals surface area (Å²) in [6.45, 7) is 14.2. The van der Waals surface area contributed by atoms with Gasteiger partial charge in [-0.05, 0) is 0 Å². The second-order valence-electron chi connectivity index (χ2n) is 16.5. The van der Waals surface area contributed by atoms with Crippen LogP contribution in [0.1, 0.15) is 78.5 Å². The van der Waals surface area contributed by atoms with Gasteiger partial charge in [-0.3, -0.25) is 0 Å². The van der Waals surface area contributed by atoms with E-state index in [-0.39, 0.29) is 10.8 Å². The van der Waals surface area contributed by atoms with E-state index in [4.69, 9.17) is 0 Å². The summed E-state index contributed by atoms with van der Waals surface area (Å²) in [5.74, 6) is 0. The van der Waals surface area contributed by atoms with E-state index < -0.39 is 21.3 Å². The maximum absolute atomic E-state index is 2.87. The molecule has 0 saturated heterocycles. The fraction of sp³-hybridized carbons (Fsp3) is 0.196. The standard InChI is InChI=1S/C33H33.C13H10.C5H5.Zr/c1-32(2,3)30-20-26-24(18-28(30)22-13-9-7-10-14-22)17-25-19-29(23-15-11-8-12-16-23)31(21-27(25)26)33(4,5)6;1-3-7-12(8-4-1)11-13-9-5-2-6-10-13;1-2-4-5-3-1;/h7-21H,1-6H3;1-10H;1-5H;. The first-order chi connectivity index (χ1) is 25.1. The summed E-state index contributed by atoms with van der Waals surface area (Å²) < 4.78 is 2.33. The number of rotatable bonds is 6. The Morgan fingerprint density at radius 3 is 1.17 bits per heavy atom. The van der Waals surface area contributed by atoms with Crippen LogP contribution in [-0.2, 0) is 32.1 Å². The number of benzene rings is 6. The van der Waals surface area contributed by atoms with Gasteiger partial charge < -0.3 is 0 Å². The average Bonchev–Trinajstić information content (AvgIpc) is 3.80. The summed E-state index contributed by atoms with van der Waals surface area (Å²) in [7, 11) is 0. The predicted molar refractivity (Wildman–Crippen MR) is 220 cm³/mol. The van der Waals surface area contributed by atoms with Crippen molar-refractivity contribution in [3.8, 4) is 33.4 Å². The van der Waals surface area contributed by atoms with E-state index >= 15 is 0 Å². The molecule has 8 rings (SSSR count). The van der Waals surface area contributed by atoms with Gasteiger partial charge in [-0.25, -0.2) is 0 Å². The molecule has 2 aliphatic carbocycles. The molecule has 0 unspecified atom stereocenters. The van der Waals surface area contributed by atoms with Crippen LogP contribution in [0.15, 0.2) is 170 Å². The van der Waals surface area contributed by atoms with Crippen LogP contribution >= 0.6 is 0 Å². The van der Waals surface area contributed by atoms with Gasteiger partial charge in [0.2, 0.25) is 0 Å². The molecule has 0 amide bonds. The van der Waals surface area contributed by atoms with Crippen LogP contribution in [0.5, 0.6) is 0 Å². The van der Waals surface area contributed by atoms with E-state index in [1.54, 1.807) is 3.21 Å². The van der Waals surface area contributed by atoms with Gasteiger partial charge in [0, 0.05) is 0 Å². The molecule has 0 nitrogen and oxygen atoms in total. The number of fused-ring (bicyclic) bond motifs is 3. The molecule has 0 spiro atoms. The Balaban J connectivity index is 1.54. The molecule has 1 heteroatoms. The second kappa shape index (κ2) is 13.8. The van der Waals surface area contributed by atoms with Crippen LogP contribution in [-0.4, -0.2) is 3.21 Å². The van der Waals surface area contributed by atoms with Gasteiger partial charge in [-0.1, -0.05) is 0 Å². The van der Waals surface area contributed by atoms with Crippen LogP contribution in [0.25, 0.3) is 33.4 Å². The quantitative estimate of drug-likeness (QED) is 0.159. The van der Waals surface area contributed by atoms with Gasteiger partial charge in [-0.15, -0.1) is 0 Å². The van der Waals surface area contributed by atoms with Crippen molar-refractivity contribution in [2.45, 2.75) is 59.6 Å². The molecule has 0 radical (unpaired) electrons. The van der Waals surface area contributed by atoms with Crippen molar-refractivity contribution >= 4 is 3.21 Å². The fourth-order valence-electron chi connectivity index (χ4n) is 8.49. The van der Waals surface area contributed by atoms with Crippen molar-refractivity contribution in [3.63, 3.8) is 0 Å². The van der Waals surface area contributed by atoms with Crippen molar-refractivity contribution in [3.05, 3.63) is 203 Å². The Kier molecular flexibility index (Phi) is 9.21. The van der Waals surface area contributed by atoms with Gasteiger partial charge in [-0.2, -0.15) is 0 Å². The first kappa shape index (κ1) is 34.6. The average molecular weight is 752 g/mol. The Hall–Kier alpha value is -4.45. The Bertz CT molecular complexity index is 2170. The first-order valence-electron chi connectivity index (χ1n) is 18.8. The molecule has 0 aromatic heterocycles. The molecular weight excluding hydrogens is 704 g/mol.